The summed E-state index contributed by atoms with van der Waals surface area (Å²) in [5.74, 6) is 0.890. The zero-order valence-corrected chi connectivity index (χ0v) is 9.65. The molecule has 0 aliphatic rings. The highest BCUT2D eigenvalue weighted by Crippen LogP contribution is 2.18. The first-order chi connectivity index (χ1) is 7.88. The first kappa shape index (κ1) is 10.9. The molecular weight excluding hydrogens is 216 g/mol. The van der Waals surface area contributed by atoms with E-state index in [1.54, 1.807) is 24.2 Å². The normalized spacial score (nSPS) is 10.0. The summed E-state index contributed by atoms with van der Waals surface area (Å²) in [6.07, 6.45) is 5.36. The van der Waals surface area contributed by atoms with E-state index in [9.17, 15) is 0 Å². The molecule has 0 saturated heterocycles. The minimum atomic E-state index is 0.815. The average molecular weight is 228 g/mol. The van der Waals surface area contributed by atoms with Crippen molar-refractivity contribution in [3.05, 3.63) is 60.4 Å². The molecule has 0 spiro atoms. The first-order valence-electron chi connectivity index (χ1n) is 4.99. The first-order valence-corrected chi connectivity index (χ1v) is 5.98. The van der Waals surface area contributed by atoms with Crippen molar-refractivity contribution in [3.63, 3.8) is 0 Å². The molecule has 0 saturated carbocycles. The van der Waals surface area contributed by atoms with Gasteiger partial charge in [-0.25, -0.2) is 9.97 Å². The summed E-state index contributed by atoms with van der Waals surface area (Å²) >= 11 is 1.64. The van der Waals surface area contributed by atoms with Crippen LogP contribution < -0.4 is 0 Å². The van der Waals surface area contributed by atoms with Crippen molar-refractivity contribution in [3.8, 4) is 0 Å². The van der Waals surface area contributed by atoms with Crippen LogP contribution in [0.4, 0.5) is 0 Å². The van der Waals surface area contributed by atoms with E-state index in [0.29, 0.717) is 0 Å². The smallest absolute Gasteiger partial charge is 0.187 e. The molecule has 0 aliphatic carbocycles. The Hall–Kier alpha value is -1.61. The van der Waals surface area contributed by atoms with Gasteiger partial charge in [0.15, 0.2) is 5.16 Å². The van der Waals surface area contributed by atoms with Crippen molar-refractivity contribution in [2.24, 2.45) is 0 Å². The maximum Gasteiger partial charge on any atom is 0.187 e. The second kappa shape index (κ2) is 5.47. The molecule has 16 heavy (non-hydrogen) atoms. The third kappa shape index (κ3) is 2.94. The largest absolute Gasteiger partial charge is 0.231 e. The number of nitrogens with zero attached hydrogens (tertiary/aromatic N) is 2. The topological polar surface area (TPSA) is 25.8 Å². The molecule has 0 aliphatic heterocycles. The van der Waals surface area contributed by atoms with Crippen molar-refractivity contribution in [1.82, 2.24) is 9.97 Å². The van der Waals surface area contributed by atoms with Crippen LogP contribution in [0.5, 0.6) is 0 Å². The molecular formula is C13H12N2S. The van der Waals surface area contributed by atoms with E-state index in [2.05, 4.69) is 40.8 Å². The Morgan fingerprint density at radius 2 is 1.81 bits per heavy atom. The van der Waals surface area contributed by atoms with Gasteiger partial charge in [0.25, 0.3) is 0 Å². The molecule has 0 amide bonds. The van der Waals surface area contributed by atoms with Gasteiger partial charge < -0.3 is 0 Å². The average Bonchev–Trinajstić information content (AvgIpc) is 2.38. The summed E-state index contributed by atoms with van der Waals surface area (Å²) < 4.78 is 0. The van der Waals surface area contributed by atoms with Crippen LogP contribution in [0.2, 0.25) is 0 Å². The highest BCUT2D eigenvalue weighted by atomic mass is 32.2. The van der Waals surface area contributed by atoms with Gasteiger partial charge >= 0.3 is 0 Å². The van der Waals surface area contributed by atoms with E-state index >= 15 is 0 Å². The van der Waals surface area contributed by atoms with Gasteiger partial charge in [-0.05, 0) is 17.2 Å². The molecule has 0 N–H and O–H groups in total. The Morgan fingerprint density at radius 1 is 1.12 bits per heavy atom. The van der Waals surface area contributed by atoms with Crippen LogP contribution in [0.15, 0.2) is 54.5 Å². The van der Waals surface area contributed by atoms with Crippen LogP contribution in [0, 0.1) is 0 Å². The molecule has 0 radical (unpaired) electrons. The molecule has 0 unspecified atom stereocenters. The molecule has 1 heterocycles. The SMILES string of the molecule is C=Cc1ccc(CSc2ncccn2)cc1. The third-order valence-corrected chi connectivity index (χ3v) is 3.07. The lowest BCUT2D eigenvalue weighted by Gasteiger charge is -2.00. The number of thioether (sulfide) groups is 1. The second-order valence-electron chi connectivity index (χ2n) is 3.27. The summed E-state index contributed by atoms with van der Waals surface area (Å²) in [5, 5.41) is 0.815. The van der Waals surface area contributed by atoms with Gasteiger partial charge in [-0.3, -0.25) is 0 Å². The van der Waals surface area contributed by atoms with Gasteiger partial charge in [-0.2, -0.15) is 0 Å². The van der Waals surface area contributed by atoms with Gasteiger partial charge in [0.05, 0.1) is 0 Å². The zero-order chi connectivity index (χ0) is 11.2. The van der Waals surface area contributed by atoms with Gasteiger partial charge in [0.2, 0.25) is 0 Å². The van der Waals surface area contributed by atoms with Crippen molar-refractivity contribution in [2.75, 3.05) is 0 Å². The summed E-state index contributed by atoms with van der Waals surface area (Å²) in [6, 6.07) is 10.2. The van der Waals surface area contributed by atoms with Gasteiger partial charge in [-0.15, -0.1) is 0 Å². The molecule has 0 bridgehead atoms. The monoisotopic (exact) mass is 228 g/mol. The third-order valence-electron chi connectivity index (χ3n) is 2.13. The van der Waals surface area contributed by atoms with Crippen molar-refractivity contribution in [2.45, 2.75) is 10.9 Å². The molecule has 1 aromatic heterocycles. The fraction of sp³-hybridized carbons (Fsp3) is 0.0769. The lowest BCUT2D eigenvalue weighted by molar-refractivity contribution is 0.966. The fourth-order valence-electron chi connectivity index (χ4n) is 1.26. The summed E-state index contributed by atoms with van der Waals surface area (Å²) in [4.78, 5) is 8.33. The highest BCUT2D eigenvalue weighted by molar-refractivity contribution is 7.98. The van der Waals surface area contributed by atoms with Crippen LogP contribution in [-0.2, 0) is 5.75 Å². The molecule has 1 aromatic carbocycles. The Balaban J connectivity index is 1.97. The lowest BCUT2D eigenvalue weighted by atomic mass is 10.1. The highest BCUT2D eigenvalue weighted by Gasteiger charge is 1.97. The second-order valence-corrected chi connectivity index (χ2v) is 4.21. The number of benzene rings is 1. The number of aromatic nitrogens is 2. The minimum absolute atomic E-state index is 0.815. The molecule has 3 heteroatoms. The Kier molecular flexibility index (Phi) is 3.72. The van der Waals surface area contributed by atoms with E-state index in [1.165, 1.54) is 5.56 Å². The van der Waals surface area contributed by atoms with Crippen molar-refractivity contribution >= 4 is 17.8 Å². The van der Waals surface area contributed by atoms with E-state index in [1.807, 2.05) is 12.1 Å². The van der Waals surface area contributed by atoms with E-state index in [-0.39, 0.29) is 0 Å². The lowest BCUT2D eigenvalue weighted by Crippen LogP contribution is -1.85. The van der Waals surface area contributed by atoms with Crippen LogP contribution >= 0.6 is 11.8 Å². The number of hydrogen-bond acceptors (Lipinski definition) is 3. The van der Waals surface area contributed by atoms with E-state index < -0.39 is 0 Å². The predicted molar refractivity (Wildman–Crippen MR) is 68.1 cm³/mol. The summed E-state index contributed by atoms with van der Waals surface area (Å²) in [5.41, 5.74) is 2.41. The molecule has 2 aromatic rings. The summed E-state index contributed by atoms with van der Waals surface area (Å²) in [6.45, 7) is 3.73. The zero-order valence-electron chi connectivity index (χ0n) is 8.84. The van der Waals surface area contributed by atoms with Crippen LogP contribution in [0.25, 0.3) is 6.08 Å². The predicted octanol–water partition coefficient (Wildman–Crippen LogP) is 3.41. The standard InChI is InChI=1S/C13H12N2S/c1-2-11-4-6-12(7-5-11)10-16-13-14-8-3-9-15-13/h2-9H,1,10H2. The van der Waals surface area contributed by atoms with Crippen molar-refractivity contribution < 1.29 is 0 Å². The van der Waals surface area contributed by atoms with Crippen LogP contribution in [0.1, 0.15) is 11.1 Å². The van der Waals surface area contributed by atoms with Crippen LogP contribution in [0.3, 0.4) is 0 Å². The molecule has 2 rings (SSSR count). The quantitative estimate of drug-likeness (QED) is 0.592. The van der Waals surface area contributed by atoms with Crippen LogP contribution in [-0.4, -0.2) is 9.97 Å². The Bertz CT molecular complexity index is 451. The van der Waals surface area contributed by atoms with Crippen molar-refractivity contribution in [1.29, 1.82) is 0 Å². The molecule has 80 valence electrons. The number of hydrogen-bond donors (Lipinski definition) is 0. The van der Waals surface area contributed by atoms with Gasteiger partial charge in [-0.1, -0.05) is 48.7 Å². The van der Waals surface area contributed by atoms with Gasteiger partial charge in [0.1, 0.15) is 0 Å². The maximum absolute atomic E-state index is 4.16. The number of rotatable bonds is 4. The Labute approximate surface area is 99.5 Å². The van der Waals surface area contributed by atoms with E-state index in [4.69, 9.17) is 0 Å². The Morgan fingerprint density at radius 3 is 2.44 bits per heavy atom. The van der Waals surface area contributed by atoms with E-state index in [0.717, 1.165) is 16.5 Å². The fourth-order valence-corrected chi connectivity index (χ4v) is 2.02. The maximum atomic E-state index is 4.16. The summed E-state index contributed by atoms with van der Waals surface area (Å²) in [7, 11) is 0. The molecule has 2 nitrogen and oxygen atoms in total. The molecule has 0 atom stereocenters. The van der Waals surface area contributed by atoms with Gasteiger partial charge in [0, 0.05) is 18.1 Å². The molecule has 0 fully saturated rings. The minimum Gasteiger partial charge on any atom is -0.231 e.